The van der Waals surface area contributed by atoms with Gasteiger partial charge in [0.15, 0.2) is 0 Å². The number of rotatable bonds is 2. The normalized spacial score (nSPS) is 23.6. The first-order valence-electron chi connectivity index (χ1n) is 3.83. The zero-order chi connectivity index (χ0) is 8.27. The Morgan fingerprint density at radius 2 is 2.36 bits per heavy atom. The molecule has 0 spiro atoms. The van der Waals surface area contributed by atoms with Crippen molar-refractivity contribution in [1.29, 1.82) is 0 Å². The molecular weight excluding hydrogens is 134 g/mol. The third kappa shape index (κ3) is 1.67. The van der Waals surface area contributed by atoms with Gasteiger partial charge < -0.3 is 0 Å². The van der Waals surface area contributed by atoms with Crippen molar-refractivity contribution in [3.05, 3.63) is 36.5 Å². The topological polar surface area (TPSA) is 12.4 Å². The van der Waals surface area contributed by atoms with Gasteiger partial charge in [0.05, 0.1) is 11.8 Å². The lowest BCUT2D eigenvalue weighted by atomic mass is 10.1. The van der Waals surface area contributed by atoms with E-state index in [-0.39, 0.29) is 0 Å². The zero-order valence-corrected chi connectivity index (χ0v) is 7.04. The Bertz CT molecular complexity index is 244. The average Bonchev–Trinajstić information content (AvgIpc) is 2.32. The van der Waals surface area contributed by atoms with Gasteiger partial charge in [0.2, 0.25) is 0 Å². The van der Waals surface area contributed by atoms with Crippen LogP contribution in [0.5, 0.6) is 0 Å². The summed E-state index contributed by atoms with van der Waals surface area (Å²) in [5.74, 6) is 0. The summed E-state index contributed by atoms with van der Waals surface area (Å²) < 4.78 is 0. The van der Waals surface area contributed by atoms with Gasteiger partial charge in [-0.1, -0.05) is 24.8 Å². The third-order valence-corrected chi connectivity index (χ3v) is 1.60. The zero-order valence-electron chi connectivity index (χ0n) is 7.04. The molecule has 1 aliphatic rings. The molecule has 11 heavy (non-hydrogen) atoms. The highest BCUT2D eigenvalue weighted by molar-refractivity contribution is 6.11. The Labute approximate surface area is 67.8 Å². The highest BCUT2D eigenvalue weighted by atomic mass is 14.8. The summed E-state index contributed by atoms with van der Waals surface area (Å²) in [5.41, 5.74) is 2.20. The van der Waals surface area contributed by atoms with E-state index in [9.17, 15) is 0 Å². The van der Waals surface area contributed by atoms with Gasteiger partial charge in [-0.05, 0) is 25.5 Å². The molecule has 0 aromatic carbocycles. The molecule has 1 unspecified atom stereocenters. The lowest BCUT2D eigenvalue weighted by Crippen LogP contribution is -1.90. The van der Waals surface area contributed by atoms with Crippen molar-refractivity contribution in [3.63, 3.8) is 0 Å². The molecule has 0 saturated carbocycles. The molecule has 0 saturated heterocycles. The summed E-state index contributed by atoms with van der Waals surface area (Å²) in [6.45, 7) is 7.78. The van der Waals surface area contributed by atoms with Crippen LogP contribution in [-0.4, -0.2) is 11.8 Å². The molecule has 0 aliphatic carbocycles. The van der Waals surface area contributed by atoms with E-state index in [1.54, 1.807) is 6.08 Å². The Hall–Kier alpha value is -1.11. The van der Waals surface area contributed by atoms with Crippen LogP contribution in [0, 0.1) is 0 Å². The molecule has 0 aromatic rings. The van der Waals surface area contributed by atoms with Crippen LogP contribution < -0.4 is 0 Å². The fourth-order valence-corrected chi connectivity index (χ4v) is 1.17. The quantitative estimate of drug-likeness (QED) is 0.569. The van der Waals surface area contributed by atoms with Crippen LogP contribution in [0.25, 0.3) is 0 Å². The van der Waals surface area contributed by atoms with Crippen molar-refractivity contribution in [1.82, 2.24) is 0 Å². The predicted molar refractivity (Wildman–Crippen MR) is 50.0 cm³/mol. The van der Waals surface area contributed by atoms with Gasteiger partial charge in [0.1, 0.15) is 0 Å². The van der Waals surface area contributed by atoms with Crippen molar-refractivity contribution >= 4 is 5.71 Å². The minimum absolute atomic E-state index is 0.314. The molecule has 0 N–H and O–H groups in total. The van der Waals surface area contributed by atoms with E-state index < -0.39 is 0 Å². The molecule has 1 nitrogen and oxygen atoms in total. The molecule has 0 fully saturated rings. The summed E-state index contributed by atoms with van der Waals surface area (Å²) in [7, 11) is 0. The van der Waals surface area contributed by atoms with Crippen LogP contribution in [0.15, 0.2) is 41.4 Å². The fourth-order valence-electron chi connectivity index (χ4n) is 1.17. The second kappa shape index (κ2) is 3.33. The Morgan fingerprint density at radius 1 is 1.64 bits per heavy atom. The van der Waals surface area contributed by atoms with Gasteiger partial charge >= 0.3 is 0 Å². The first kappa shape index (κ1) is 7.99. The first-order chi connectivity index (χ1) is 5.27. The van der Waals surface area contributed by atoms with E-state index >= 15 is 0 Å². The van der Waals surface area contributed by atoms with E-state index in [0.29, 0.717) is 6.04 Å². The van der Waals surface area contributed by atoms with E-state index in [1.165, 1.54) is 5.57 Å². The van der Waals surface area contributed by atoms with Crippen molar-refractivity contribution in [3.8, 4) is 0 Å². The van der Waals surface area contributed by atoms with Crippen LogP contribution in [0.2, 0.25) is 0 Å². The van der Waals surface area contributed by atoms with Gasteiger partial charge in [-0.15, -0.1) is 0 Å². The molecule has 0 aromatic heterocycles. The van der Waals surface area contributed by atoms with Gasteiger partial charge in [-0.2, -0.15) is 0 Å². The van der Waals surface area contributed by atoms with Crippen LogP contribution >= 0.6 is 0 Å². The Kier molecular flexibility index (Phi) is 2.42. The number of hydrogen-bond donors (Lipinski definition) is 0. The molecule has 0 amide bonds. The minimum atomic E-state index is 0.314. The lowest BCUT2D eigenvalue weighted by molar-refractivity contribution is 0.947. The molecule has 1 aliphatic heterocycles. The molecule has 0 radical (unpaired) electrons. The molecule has 0 bridgehead atoms. The largest absolute Gasteiger partial charge is 0.278 e. The molecule has 1 heteroatoms. The first-order valence-corrected chi connectivity index (χ1v) is 3.83. The van der Waals surface area contributed by atoms with Crippen LogP contribution in [0.1, 0.15) is 13.8 Å². The second-order valence-corrected chi connectivity index (χ2v) is 2.58. The fraction of sp³-hybridized carbons (Fsp3) is 0.300. The summed E-state index contributed by atoms with van der Waals surface area (Å²) in [6, 6.07) is 0.314. The third-order valence-electron chi connectivity index (χ3n) is 1.60. The van der Waals surface area contributed by atoms with Crippen LogP contribution in [0.3, 0.4) is 0 Å². The summed E-state index contributed by atoms with van der Waals surface area (Å²) in [5, 5.41) is 0. The van der Waals surface area contributed by atoms with E-state index in [0.717, 1.165) is 5.71 Å². The van der Waals surface area contributed by atoms with Crippen molar-refractivity contribution < 1.29 is 0 Å². The van der Waals surface area contributed by atoms with Gasteiger partial charge in [0.25, 0.3) is 0 Å². The molecular formula is C10H13N. The SMILES string of the molecule is C=CC1=NC(C)C=C1/C=C\C. The summed E-state index contributed by atoms with van der Waals surface area (Å²) >= 11 is 0. The number of nitrogens with zero attached hydrogens (tertiary/aromatic N) is 1. The van der Waals surface area contributed by atoms with E-state index in [2.05, 4.69) is 30.6 Å². The molecule has 58 valence electrons. The maximum absolute atomic E-state index is 4.36. The molecule has 1 atom stereocenters. The monoisotopic (exact) mass is 147 g/mol. The molecule has 1 heterocycles. The van der Waals surface area contributed by atoms with Crippen LogP contribution in [0.4, 0.5) is 0 Å². The van der Waals surface area contributed by atoms with Gasteiger partial charge in [-0.3, -0.25) is 4.99 Å². The number of hydrogen-bond acceptors (Lipinski definition) is 1. The van der Waals surface area contributed by atoms with Gasteiger partial charge in [-0.25, -0.2) is 0 Å². The highest BCUT2D eigenvalue weighted by Crippen LogP contribution is 2.14. The lowest BCUT2D eigenvalue weighted by Gasteiger charge is -1.91. The van der Waals surface area contributed by atoms with Crippen LogP contribution in [-0.2, 0) is 0 Å². The number of allylic oxidation sites excluding steroid dienone is 4. The standard InChI is InChI=1S/C10H13N/c1-4-6-9-7-8(3)11-10(9)5-2/h4-8H,2H2,1,3H3/b6-4-. The predicted octanol–water partition coefficient (Wildman–Crippen LogP) is 2.52. The highest BCUT2D eigenvalue weighted by Gasteiger charge is 2.09. The maximum Gasteiger partial charge on any atom is 0.0668 e. The number of aliphatic imine (C=N–C) groups is 1. The Balaban J connectivity index is 2.88. The van der Waals surface area contributed by atoms with Crippen molar-refractivity contribution in [2.45, 2.75) is 19.9 Å². The second-order valence-electron chi connectivity index (χ2n) is 2.58. The van der Waals surface area contributed by atoms with Crippen molar-refractivity contribution in [2.24, 2.45) is 4.99 Å². The summed E-state index contributed by atoms with van der Waals surface area (Å²) in [4.78, 5) is 4.36. The van der Waals surface area contributed by atoms with Gasteiger partial charge in [0, 0.05) is 0 Å². The van der Waals surface area contributed by atoms with Crippen molar-refractivity contribution in [2.75, 3.05) is 0 Å². The molecule has 1 rings (SSSR count). The smallest absolute Gasteiger partial charge is 0.0668 e. The average molecular weight is 147 g/mol. The minimum Gasteiger partial charge on any atom is -0.278 e. The Morgan fingerprint density at radius 3 is 2.91 bits per heavy atom. The summed E-state index contributed by atoms with van der Waals surface area (Å²) in [6.07, 6.45) is 8.01. The van der Waals surface area contributed by atoms with E-state index in [1.807, 2.05) is 13.0 Å². The van der Waals surface area contributed by atoms with E-state index in [4.69, 9.17) is 0 Å². The maximum atomic E-state index is 4.36.